The molecule has 1 atom stereocenters. The maximum atomic E-state index is 13.1. The number of hydrogen-bond donors (Lipinski definition) is 2. The van der Waals surface area contributed by atoms with Crippen molar-refractivity contribution in [2.24, 2.45) is 0 Å². The third-order valence-electron chi connectivity index (χ3n) is 5.68. The SMILES string of the molecule is COc1ccc(C2/C(=C(\O)c3ccc(Cl)cc3)C(=O)C(=O)N2CCCCCC(=O)O)c(OC)c1. The van der Waals surface area contributed by atoms with E-state index in [0.29, 0.717) is 46.9 Å². The van der Waals surface area contributed by atoms with Crippen molar-refractivity contribution >= 4 is 35.0 Å². The number of methoxy groups -OCH3 is 2. The lowest BCUT2D eigenvalue weighted by atomic mass is 9.94. The lowest BCUT2D eigenvalue weighted by molar-refractivity contribution is -0.140. The Morgan fingerprint density at radius 1 is 1.00 bits per heavy atom. The van der Waals surface area contributed by atoms with E-state index in [1.807, 2.05) is 0 Å². The second-order valence-electron chi connectivity index (χ2n) is 7.81. The summed E-state index contributed by atoms with van der Waals surface area (Å²) in [6.07, 6.45) is 1.56. The first-order valence-corrected chi connectivity index (χ1v) is 11.1. The monoisotopic (exact) mass is 487 g/mol. The molecule has 2 N–H and O–H groups in total. The Kier molecular flexibility index (Phi) is 8.17. The van der Waals surface area contributed by atoms with E-state index in [1.54, 1.807) is 42.5 Å². The van der Waals surface area contributed by atoms with Gasteiger partial charge in [-0.05, 0) is 49.2 Å². The molecule has 34 heavy (non-hydrogen) atoms. The van der Waals surface area contributed by atoms with Crippen molar-refractivity contribution in [2.75, 3.05) is 20.8 Å². The molecule has 0 saturated carbocycles. The molecule has 1 aliphatic heterocycles. The zero-order chi connectivity index (χ0) is 24.8. The van der Waals surface area contributed by atoms with Crippen LogP contribution in [0, 0.1) is 0 Å². The Balaban J connectivity index is 2.06. The van der Waals surface area contributed by atoms with Gasteiger partial charge in [0, 0.05) is 35.2 Å². The third-order valence-corrected chi connectivity index (χ3v) is 5.93. The molecule has 0 bridgehead atoms. The number of ketones is 1. The first kappa shape index (κ1) is 25.1. The fourth-order valence-corrected chi connectivity index (χ4v) is 4.10. The van der Waals surface area contributed by atoms with Crippen molar-refractivity contribution in [3.8, 4) is 11.5 Å². The molecule has 1 amide bonds. The van der Waals surface area contributed by atoms with E-state index in [9.17, 15) is 19.5 Å². The van der Waals surface area contributed by atoms with Gasteiger partial charge in [0.05, 0.1) is 25.8 Å². The van der Waals surface area contributed by atoms with Crippen LogP contribution in [0.4, 0.5) is 0 Å². The van der Waals surface area contributed by atoms with Gasteiger partial charge in [-0.25, -0.2) is 0 Å². The quantitative estimate of drug-likeness (QED) is 0.220. The molecule has 0 aliphatic carbocycles. The molecule has 0 spiro atoms. The number of hydrogen-bond acceptors (Lipinski definition) is 6. The number of nitrogens with zero attached hydrogens (tertiary/aromatic N) is 1. The van der Waals surface area contributed by atoms with Crippen LogP contribution in [0.15, 0.2) is 48.0 Å². The number of amides is 1. The maximum Gasteiger partial charge on any atom is 0.303 e. The average molecular weight is 488 g/mol. The van der Waals surface area contributed by atoms with E-state index < -0.39 is 23.7 Å². The molecule has 2 aromatic rings. The summed E-state index contributed by atoms with van der Waals surface area (Å²) < 4.78 is 10.8. The standard InChI is InChI=1S/C25H26ClNO7/c1-33-17-11-12-18(19(14-17)34-2)22-21(23(30)15-7-9-16(26)10-8-15)24(31)25(32)27(22)13-5-3-4-6-20(28)29/h7-12,14,22,30H,3-6,13H2,1-2H3,(H,28,29)/b23-21+. The van der Waals surface area contributed by atoms with Crippen LogP contribution in [-0.2, 0) is 14.4 Å². The highest BCUT2D eigenvalue weighted by molar-refractivity contribution is 6.46. The highest BCUT2D eigenvalue weighted by Gasteiger charge is 2.46. The van der Waals surface area contributed by atoms with Gasteiger partial charge in [-0.15, -0.1) is 0 Å². The van der Waals surface area contributed by atoms with Gasteiger partial charge >= 0.3 is 5.97 Å². The molecule has 1 saturated heterocycles. The van der Waals surface area contributed by atoms with Crippen molar-refractivity contribution < 1.29 is 34.1 Å². The van der Waals surface area contributed by atoms with Crippen LogP contribution in [0.25, 0.3) is 5.76 Å². The number of carbonyl (C=O) groups is 3. The summed E-state index contributed by atoms with van der Waals surface area (Å²) in [5, 5.41) is 20.4. The number of carboxylic acids is 1. The predicted molar refractivity (Wildman–Crippen MR) is 126 cm³/mol. The van der Waals surface area contributed by atoms with Gasteiger partial charge in [0.1, 0.15) is 17.3 Å². The smallest absolute Gasteiger partial charge is 0.303 e. The van der Waals surface area contributed by atoms with Crippen LogP contribution < -0.4 is 9.47 Å². The summed E-state index contributed by atoms with van der Waals surface area (Å²) in [5.41, 5.74) is 0.811. The summed E-state index contributed by atoms with van der Waals surface area (Å²) >= 11 is 5.95. The lowest BCUT2D eigenvalue weighted by Gasteiger charge is -2.27. The number of likely N-dealkylation sites (tertiary alicyclic amines) is 1. The van der Waals surface area contributed by atoms with E-state index in [-0.39, 0.29) is 24.3 Å². The minimum atomic E-state index is -0.893. The van der Waals surface area contributed by atoms with E-state index in [0.717, 1.165) is 0 Å². The molecular formula is C25H26ClNO7. The number of rotatable bonds is 10. The molecule has 0 aromatic heterocycles. The molecule has 9 heteroatoms. The number of carboxylic acid groups (broad SMARTS) is 1. The number of aliphatic hydroxyl groups is 1. The second kappa shape index (κ2) is 11.1. The number of ether oxygens (including phenoxy) is 2. The Morgan fingerprint density at radius 3 is 2.32 bits per heavy atom. The van der Waals surface area contributed by atoms with Crippen LogP contribution in [0.1, 0.15) is 42.9 Å². The van der Waals surface area contributed by atoms with Crippen LogP contribution in [0.2, 0.25) is 5.02 Å². The average Bonchev–Trinajstić information content (AvgIpc) is 3.08. The third kappa shape index (κ3) is 5.34. The lowest BCUT2D eigenvalue weighted by Crippen LogP contribution is -2.31. The van der Waals surface area contributed by atoms with Gasteiger partial charge in [-0.3, -0.25) is 14.4 Å². The maximum absolute atomic E-state index is 13.1. The molecule has 8 nitrogen and oxygen atoms in total. The summed E-state index contributed by atoms with van der Waals surface area (Å²) in [6, 6.07) is 10.4. The number of aliphatic hydroxyl groups excluding tert-OH is 1. The Hall–Kier alpha value is -3.52. The molecule has 1 unspecified atom stereocenters. The van der Waals surface area contributed by atoms with E-state index >= 15 is 0 Å². The minimum absolute atomic E-state index is 0.0329. The number of halogens is 1. The van der Waals surface area contributed by atoms with Crippen LogP contribution in [0.5, 0.6) is 11.5 Å². The minimum Gasteiger partial charge on any atom is -0.507 e. The highest BCUT2D eigenvalue weighted by Crippen LogP contribution is 2.43. The van der Waals surface area contributed by atoms with Gasteiger partial charge in [0.25, 0.3) is 11.7 Å². The fraction of sp³-hybridized carbons (Fsp3) is 0.320. The normalized spacial score (nSPS) is 17.1. The number of benzene rings is 2. The molecule has 1 fully saturated rings. The zero-order valence-electron chi connectivity index (χ0n) is 18.9. The highest BCUT2D eigenvalue weighted by atomic mass is 35.5. The summed E-state index contributed by atoms with van der Waals surface area (Å²) in [5.74, 6) is -1.82. The fourth-order valence-electron chi connectivity index (χ4n) is 3.98. The molecule has 1 aliphatic rings. The molecule has 180 valence electrons. The number of carbonyl (C=O) groups excluding carboxylic acids is 2. The first-order chi connectivity index (χ1) is 16.3. The van der Waals surface area contributed by atoms with Gasteiger partial charge < -0.3 is 24.6 Å². The van der Waals surface area contributed by atoms with Crippen LogP contribution >= 0.6 is 11.6 Å². The summed E-state index contributed by atoms with van der Waals surface area (Å²) in [4.78, 5) is 38.3. The number of Topliss-reactive ketones (excluding diaryl/α,β-unsaturated/α-hetero) is 1. The van der Waals surface area contributed by atoms with Crippen LogP contribution in [-0.4, -0.2) is 53.5 Å². The molecule has 2 aromatic carbocycles. The van der Waals surface area contributed by atoms with Gasteiger partial charge in [0.2, 0.25) is 0 Å². The van der Waals surface area contributed by atoms with Gasteiger partial charge in [-0.2, -0.15) is 0 Å². The zero-order valence-corrected chi connectivity index (χ0v) is 19.7. The van der Waals surface area contributed by atoms with Crippen molar-refractivity contribution in [3.63, 3.8) is 0 Å². The summed E-state index contributed by atoms with van der Waals surface area (Å²) in [6.45, 7) is 0.210. The van der Waals surface area contributed by atoms with Crippen molar-refractivity contribution in [1.82, 2.24) is 4.90 Å². The molecule has 3 rings (SSSR count). The largest absolute Gasteiger partial charge is 0.507 e. The van der Waals surface area contributed by atoms with E-state index in [4.69, 9.17) is 26.2 Å². The first-order valence-electron chi connectivity index (χ1n) is 10.8. The topological polar surface area (TPSA) is 113 Å². The second-order valence-corrected chi connectivity index (χ2v) is 8.25. The van der Waals surface area contributed by atoms with Gasteiger partial charge in [0.15, 0.2) is 0 Å². The van der Waals surface area contributed by atoms with E-state index in [1.165, 1.54) is 19.1 Å². The molecular weight excluding hydrogens is 462 g/mol. The van der Waals surface area contributed by atoms with Crippen molar-refractivity contribution in [3.05, 3.63) is 64.2 Å². The predicted octanol–water partition coefficient (Wildman–Crippen LogP) is 4.42. The number of unbranched alkanes of at least 4 members (excludes halogenated alkanes) is 2. The van der Waals surface area contributed by atoms with Crippen molar-refractivity contribution in [1.29, 1.82) is 0 Å². The van der Waals surface area contributed by atoms with Gasteiger partial charge in [-0.1, -0.05) is 18.0 Å². The molecule has 1 heterocycles. The van der Waals surface area contributed by atoms with Crippen LogP contribution in [0.3, 0.4) is 0 Å². The Bertz CT molecular complexity index is 1110. The van der Waals surface area contributed by atoms with E-state index in [2.05, 4.69) is 0 Å². The molecule has 0 radical (unpaired) electrons. The Morgan fingerprint density at radius 2 is 1.71 bits per heavy atom. The number of aliphatic carboxylic acids is 1. The summed E-state index contributed by atoms with van der Waals surface area (Å²) in [7, 11) is 2.98. The van der Waals surface area contributed by atoms with Crippen molar-refractivity contribution in [2.45, 2.75) is 31.7 Å². The Labute approximate surface area is 202 Å².